The zero-order chi connectivity index (χ0) is 19.2. The van der Waals surface area contributed by atoms with Gasteiger partial charge >= 0.3 is 6.03 Å². The van der Waals surface area contributed by atoms with Crippen LogP contribution < -0.4 is 20.1 Å². The van der Waals surface area contributed by atoms with Crippen LogP contribution in [0.4, 0.5) is 10.5 Å². The number of nitrogens with one attached hydrogen (secondary N) is 2. The van der Waals surface area contributed by atoms with Gasteiger partial charge in [0.25, 0.3) is 0 Å². The summed E-state index contributed by atoms with van der Waals surface area (Å²) in [6, 6.07) is 12.4. The molecule has 0 fully saturated rings. The third-order valence-electron chi connectivity index (χ3n) is 4.05. The fourth-order valence-corrected chi connectivity index (χ4v) is 2.49. The van der Waals surface area contributed by atoms with Gasteiger partial charge in [-0.25, -0.2) is 14.8 Å². The predicted molar refractivity (Wildman–Crippen MR) is 105 cm³/mol. The Bertz CT molecular complexity index is 942. The highest BCUT2D eigenvalue weighted by molar-refractivity contribution is 5.91. The molecule has 0 spiro atoms. The van der Waals surface area contributed by atoms with Gasteiger partial charge in [0, 0.05) is 5.69 Å². The van der Waals surface area contributed by atoms with Gasteiger partial charge in [-0.05, 0) is 56.3 Å². The Morgan fingerprint density at radius 1 is 0.963 bits per heavy atom. The molecule has 27 heavy (non-hydrogen) atoms. The first-order valence-electron chi connectivity index (χ1n) is 8.62. The van der Waals surface area contributed by atoms with E-state index < -0.39 is 0 Å². The number of hydrogen-bond donors (Lipinski definition) is 2. The zero-order valence-electron chi connectivity index (χ0n) is 15.6. The Morgan fingerprint density at radius 2 is 1.63 bits per heavy atom. The highest BCUT2D eigenvalue weighted by Crippen LogP contribution is 2.18. The number of nitrogens with zero attached hydrogens (tertiary/aromatic N) is 2. The number of methoxy groups -OCH3 is 1. The van der Waals surface area contributed by atoms with E-state index in [0.717, 1.165) is 33.9 Å². The lowest BCUT2D eigenvalue weighted by Crippen LogP contribution is -2.32. The molecule has 0 aliphatic rings. The van der Waals surface area contributed by atoms with Crippen molar-refractivity contribution in [2.45, 2.75) is 13.8 Å². The quantitative estimate of drug-likeness (QED) is 0.653. The van der Waals surface area contributed by atoms with Gasteiger partial charge < -0.3 is 20.1 Å². The summed E-state index contributed by atoms with van der Waals surface area (Å²) in [7, 11) is 1.61. The lowest BCUT2D eigenvalue weighted by Gasteiger charge is -2.10. The lowest BCUT2D eigenvalue weighted by molar-refractivity contribution is 0.247. The number of benzene rings is 2. The van der Waals surface area contributed by atoms with E-state index >= 15 is 0 Å². The van der Waals surface area contributed by atoms with Gasteiger partial charge in [0.1, 0.15) is 18.1 Å². The minimum Gasteiger partial charge on any atom is -0.497 e. The van der Waals surface area contributed by atoms with Crippen molar-refractivity contribution in [1.29, 1.82) is 0 Å². The molecule has 7 heteroatoms. The maximum Gasteiger partial charge on any atom is 0.319 e. The molecule has 7 nitrogen and oxygen atoms in total. The van der Waals surface area contributed by atoms with Crippen LogP contribution in [0.15, 0.2) is 42.5 Å². The van der Waals surface area contributed by atoms with Crippen molar-refractivity contribution in [3.05, 3.63) is 53.9 Å². The van der Waals surface area contributed by atoms with Crippen LogP contribution in [0.25, 0.3) is 11.0 Å². The van der Waals surface area contributed by atoms with Crippen LogP contribution in [0.2, 0.25) is 0 Å². The summed E-state index contributed by atoms with van der Waals surface area (Å²) in [4.78, 5) is 21.0. The maximum atomic E-state index is 12.0. The van der Waals surface area contributed by atoms with Gasteiger partial charge in [-0.1, -0.05) is 0 Å². The van der Waals surface area contributed by atoms with Crippen molar-refractivity contribution < 1.29 is 14.3 Å². The smallest absolute Gasteiger partial charge is 0.319 e. The SMILES string of the molecule is COc1ccc(OCCNC(=O)Nc2ccc3nc(C)c(C)nc3c2)cc1. The monoisotopic (exact) mass is 366 g/mol. The van der Waals surface area contributed by atoms with E-state index in [2.05, 4.69) is 20.6 Å². The largest absolute Gasteiger partial charge is 0.497 e. The third-order valence-corrected chi connectivity index (χ3v) is 4.05. The van der Waals surface area contributed by atoms with Gasteiger partial charge in [0.05, 0.1) is 36.1 Å². The molecule has 1 aromatic heterocycles. The normalized spacial score (nSPS) is 10.5. The van der Waals surface area contributed by atoms with Crippen molar-refractivity contribution in [3.8, 4) is 11.5 Å². The molecule has 3 aromatic rings. The number of amides is 2. The Hall–Kier alpha value is -3.35. The number of hydrogen-bond acceptors (Lipinski definition) is 5. The number of aromatic nitrogens is 2. The highest BCUT2D eigenvalue weighted by Gasteiger charge is 2.05. The summed E-state index contributed by atoms with van der Waals surface area (Å²) in [5, 5.41) is 5.55. The van der Waals surface area contributed by atoms with E-state index in [1.807, 2.05) is 50.2 Å². The van der Waals surface area contributed by atoms with Crippen molar-refractivity contribution in [2.24, 2.45) is 0 Å². The number of aryl methyl sites for hydroxylation is 2. The Balaban J connectivity index is 1.48. The van der Waals surface area contributed by atoms with Gasteiger partial charge in [0.2, 0.25) is 0 Å². The zero-order valence-corrected chi connectivity index (χ0v) is 15.6. The second kappa shape index (κ2) is 8.35. The molecule has 2 N–H and O–H groups in total. The Labute approximate surface area is 157 Å². The molecule has 0 atom stereocenters. The van der Waals surface area contributed by atoms with E-state index in [1.165, 1.54) is 0 Å². The number of urea groups is 1. The van der Waals surface area contributed by atoms with E-state index in [-0.39, 0.29) is 6.03 Å². The molecule has 0 aliphatic carbocycles. The molecular formula is C20H22N4O3. The van der Waals surface area contributed by atoms with Crippen molar-refractivity contribution in [1.82, 2.24) is 15.3 Å². The van der Waals surface area contributed by atoms with E-state index in [4.69, 9.17) is 9.47 Å². The molecule has 140 valence electrons. The second-order valence-corrected chi connectivity index (χ2v) is 6.00. The molecule has 0 saturated heterocycles. The molecule has 0 bridgehead atoms. The molecule has 1 heterocycles. The minimum absolute atomic E-state index is 0.301. The average Bonchev–Trinajstić information content (AvgIpc) is 2.67. The van der Waals surface area contributed by atoms with Crippen LogP contribution in [0, 0.1) is 13.8 Å². The first-order valence-corrected chi connectivity index (χ1v) is 8.62. The molecular weight excluding hydrogens is 344 g/mol. The summed E-state index contributed by atoms with van der Waals surface area (Å²) in [5.41, 5.74) is 3.99. The summed E-state index contributed by atoms with van der Waals surface area (Å²) >= 11 is 0. The second-order valence-electron chi connectivity index (χ2n) is 6.00. The van der Waals surface area contributed by atoms with E-state index in [0.29, 0.717) is 18.8 Å². The number of fused-ring (bicyclic) bond motifs is 1. The van der Waals surface area contributed by atoms with Crippen LogP contribution in [0.3, 0.4) is 0 Å². The van der Waals surface area contributed by atoms with Crippen LogP contribution in [-0.2, 0) is 0 Å². The number of carbonyl (C=O) groups is 1. The van der Waals surface area contributed by atoms with Crippen LogP contribution in [-0.4, -0.2) is 36.3 Å². The summed E-state index contributed by atoms with van der Waals surface area (Å²) in [6.07, 6.45) is 0. The van der Waals surface area contributed by atoms with Crippen molar-refractivity contribution in [3.63, 3.8) is 0 Å². The first-order chi connectivity index (χ1) is 13.0. The summed E-state index contributed by atoms with van der Waals surface area (Å²) < 4.78 is 10.7. The number of anilines is 1. The predicted octanol–water partition coefficient (Wildman–Crippen LogP) is 3.46. The topological polar surface area (TPSA) is 85.4 Å². The molecule has 2 aromatic carbocycles. The Kier molecular flexibility index (Phi) is 5.71. The van der Waals surface area contributed by atoms with Gasteiger partial charge in [0.15, 0.2) is 0 Å². The molecule has 2 amide bonds. The van der Waals surface area contributed by atoms with Gasteiger partial charge in [-0.2, -0.15) is 0 Å². The van der Waals surface area contributed by atoms with Gasteiger partial charge in [-0.15, -0.1) is 0 Å². The first kappa shape index (κ1) is 18.4. The third kappa shape index (κ3) is 4.84. The number of carbonyl (C=O) groups excluding carboxylic acids is 1. The average molecular weight is 366 g/mol. The molecule has 3 rings (SSSR count). The molecule has 0 unspecified atom stereocenters. The van der Waals surface area contributed by atoms with Crippen molar-refractivity contribution >= 4 is 22.8 Å². The summed E-state index contributed by atoms with van der Waals surface area (Å²) in [5.74, 6) is 1.49. The minimum atomic E-state index is -0.301. The molecule has 0 saturated carbocycles. The standard InChI is InChI=1S/C20H22N4O3/c1-13-14(2)23-19-12-15(4-9-18(19)22-13)24-20(25)21-10-11-27-17-7-5-16(26-3)6-8-17/h4-9,12H,10-11H2,1-3H3,(H2,21,24,25). The Morgan fingerprint density at radius 3 is 2.33 bits per heavy atom. The van der Waals surface area contributed by atoms with Crippen molar-refractivity contribution in [2.75, 3.05) is 25.6 Å². The van der Waals surface area contributed by atoms with Gasteiger partial charge in [-0.3, -0.25) is 0 Å². The number of ether oxygens (including phenoxy) is 2. The fourth-order valence-electron chi connectivity index (χ4n) is 2.49. The van der Waals surface area contributed by atoms with Crippen LogP contribution >= 0.6 is 0 Å². The van der Waals surface area contributed by atoms with Crippen LogP contribution in [0.1, 0.15) is 11.4 Å². The molecule has 0 radical (unpaired) electrons. The number of rotatable bonds is 6. The fraction of sp³-hybridized carbons (Fsp3) is 0.250. The maximum absolute atomic E-state index is 12.0. The van der Waals surface area contributed by atoms with Crippen LogP contribution in [0.5, 0.6) is 11.5 Å². The summed E-state index contributed by atoms with van der Waals surface area (Å²) in [6.45, 7) is 4.58. The lowest BCUT2D eigenvalue weighted by atomic mass is 10.2. The molecule has 0 aliphatic heterocycles. The highest BCUT2D eigenvalue weighted by atomic mass is 16.5. The van der Waals surface area contributed by atoms with E-state index in [9.17, 15) is 4.79 Å². The van der Waals surface area contributed by atoms with E-state index in [1.54, 1.807) is 13.2 Å².